The molecule has 0 radical (unpaired) electrons. The molecule has 2 aliphatic rings. The largest absolute Gasteiger partial charge is 0.352 e. The molecule has 1 aromatic carbocycles. The molecule has 1 saturated carbocycles. The van der Waals surface area contributed by atoms with Crippen molar-refractivity contribution in [1.82, 2.24) is 15.5 Å². The second-order valence-electron chi connectivity index (χ2n) is 7.66. The van der Waals surface area contributed by atoms with E-state index in [-0.39, 0.29) is 35.9 Å². The van der Waals surface area contributed by atoms with Crippen molar-refractivity contribution in [1.29, 1.82) is 0 Å². The molecule has 150 valence electrons. The van der Waals surface area contributed by atoms with Crippen molar-refractivity contribution >= 4 is 35.8 Å². The third-order valence-electron chi connectivity index (χ3n) is 5.56. The number of aliphatic imine (C=N–C) groups is 1. The molecule has 5 nitrogen and oxygen atoms in total. The number of halogens is 1. The SMILES string of the molecule is CN=C(NCc1cccc(C)c1)NC1CCN(C(=O)C2CCCCC2)C1.I. The van der Waals surface area contributed by atoms with Crippen molar-refractivity contribution < 1.29 is 4.79 Å². The number of hydrogen-bond donors (Lipinski definition) is 2. The van der Waals surface area contributed by atoms with Gasteiger partial charge in [0.2, 0.25) is 5.91 Å². The number of likely N-dealkylation sites (tertiary alicyclic amines) is 1. The minimum absolute atomic E-state index is 0. The smallest absolute Gasteiger partial charge is 0.225 e. The van der Waals surface area contributed by atoms with Gasteiger partial charge in [0.25, 0.3) is 0 Å². The Bertz CT molecular complexity index is 643. The number of carbonyl (C=O) groups excluding carboxylic acids is 1. The average molecular weight is 484 g/mol. The molecule has 1 saturated heterocycles. The minimum Gasteiger partial charge on any atom is -0.352 e. The molecular weight excluding hydrogens is 451 g/mol. The van der Waals surface area contributed by atoms with Crippen LogP contribution in [-0.4, -0.2) is 42.9 Å². The Hall–Kier alpha value is -1.31. The van der Waals surface area contributed by atoms with E-state index < -0.39 is 0 Å². The van der Waals surface area contributed by atoms with Crippen molar-refractivity contribution in [2.24, 2.45) is 10.9 Å². The van der Waals surface area contributed by atoms with Crippen LogP contribution in [0.5, 0.6) is 0 Å². The van der Waals surface area contributed by atoms with Crippen molar-refractivity contribution in [3.8, 4) is 0 Å². The molecule has 6 heteroatoms. The van der Waals surface area contributed by atoms with Crippen LogP contribution in [0.15, 0.2) is 29.3 Å². The first-order valence-electron chi connectivity index (χ1n) is 9.97. The maximum absolute atomic E-state index is 12.7. The molecule has 0 aromatic heterocycles. The third kappa shape index (κ3) is 6.36. The monoisotopic (exact) mass is 484 g/mol. The first-order chi connectivity index (χ1) is 12.7. The quantitative estimate of drug-likeness (QED) is 0.391. The van der Waals surface area contributed by atoms with Crippen molar-refractivity contribution in [2.75, 3.05) is 20.1 Å². The summed E-state index contributed by atoms with van der Waals surface area (Å²) in [7, 11) is 1.80. The molecule has 0 spiro atoms. The van der Waals surface area contributed by atoms with Crippen molar-refractivity contribution in [2.45, 2.75) is 58.0 Å². The van der Waals surface area contributed by atoms with Gasteiger partial charge < -0.3 is 15.5 Å². The Morgan fingerprint density at radius 1 is 1.22 bits per heavy atom. The Kier molecular flexibility index (Phi) is 8.86. The Morgan fingerprint density at radius 2 is 2.00 bits per heavy atom. The maximum atomic E-state index is 12.7. The van der Waals surface area contributed by atoms with Crippen LogP contribution in [0.3, 0.4) is 0 Å². The number of benzene rings is 1. The predicted octanol–water partition coefficient (Wildman–Crippen LogP) is 3.46. The second kappa shape index (κ2) is 10.9. The van der Waals surface area contributed by atoms with Crippen LogP contribution >= 0.6 is 24.0 Å². The van der Waals surface area contributed by atoms with Gasteiger partial charge in [-0.1, -0.05) is 49.1 Å². The minimum atomic E-state index is 0. The summed E-state index contributed by atoms with van der Waals surface area (Å²) in [5.41, 5.74) is 2.51. The molecule has 27 heavy (non-hydrogen) atoms. The van der Waals surface area contributed by atoms with Gasteiger partial charge in [-0.25, -0.2) is 0 Å². The summed E-state index contributed by atoms with van der Waals surface area (Å²) in [4.78, 5) is 19.1. The first kappa shape index (κ1) is 22.0. The number of aryl methyl sites for hydroxylation is 1. The second-order valence-corrected chi connectivity index (χ2v) is 7.66. The zero-order valence-corrected chi connectivity index (χ0v) is 18.9. The fourth-order valence-electron chi connectivity index (χ4n) is 4.08. The molecule has 3 rings (SSSR count). The van der Waals surface area contributed by atoms with Gasteiger partial charge in [-0.15, -0.1) is 24.0 Å². The van der Waals surface area contributed by atoms with E-state index in [4.69, 9.17) is 0 Å². The molecule has 1 atom stereocenters. The Balaban J connectivity index is 0.00000261. The van der Waals surface area contributed by atoms with Gasteiger partial charge >= 0.3 is 0 Å². The molecule has 2 N–H and O–H groups in total. The molecule has 1 aliphatic heterocycles. The maximum Gasteiger partial charge on any atom is 0.225 e. The van der Waals surface area contributed by atoms with Gasteiger partial charge in [-0.05, 0) is 31.7 Å². The van der Waals surface area contributed by atoms with E-state index in [1.165, 1.54) is 30.4 Å². The van der Waals surface area contributed by atoms with Crippen LogP contribution in [0.2, 0.25) is 0 Å². The number of carbonyl (C=O) groups is 1. The van der Waals surface area contributed by atoms with Gasteiger partial charge in [0, 0.05) is 38.6 Å². The van der Waals surface area contributed by atoms with Gasteiger partial charge in [0.05, 0.1) is 0 Å². The highest BCUT2D eigenvalue weighted by atomic mass is 127. The summed E-state index contributed by atoms with van der Waals surface area (Å²) in [5, 5.41) is 6.87. The fraction of sp³-hybridized carbons (Fsp3) is 0.619. The molecule has 1 heterocycles. The standard InChI is InChI=1S/C21H32N4O.HI/c1-16-7-6-8-17(13-16)14-23-21(22-2)24-19-11-12-25(15-19)20(26)18-9-4-3-5-10-18;/h6-8,13,18-19H,3-5,9-12,14-15H2,1-2H3,(H2,22,23,24);1H. The summed E-state index contributed by atoms with van der Waals surface area (Å²) in [5.74, 6) is 1.45. The highest BCUT2D eigenvalue weighted by Crippen LogP contribution is 2.26. The number of guanidine groups is 1. The summed E-state index contributed by atoms with van der Waals surface area (Å²) in [6.45, 7) is 4.51. The van der Waals surface area contributed by atoms with Crippen molar-refractivity contribution in [3.05, 3.63) is 35.4 Å². The molecule has 2 fully saturated rings. The zero-order chi connectivity index (χ0) is 18.4. The van der Waals surface area contributed by atoms with Gasteiger partial charge in [-0.2, -0.15) is 0 Å². The highest BCUT2D eigenvalue weighted by Gasteiger charge is 2.31. The van der Waals surface area contributed by atoms with Crippen LogP contribution < -0.4 is 10.6 Å². The number of rotatable bonds is 4. The fourth-order valence-corrected chi connectivity index (χ4v) is 4.08. The summed E-state index contributed by atoms with van der Waals surface area (Å²) in [6.07, 6.45) is 6.85. The molecule has 1 aliphatic carbocycles. The van der Waals surface area contributed by atoms with Crippen LogP contribution in [0.25, 0.3) is 0 Å². The molecule has 1 aromatic rings. The van der Waals surface area contributed by atoms with E-state index >= 15 is 0 Å². The average Bonchev–Trinajstić information content (AvgIpc) is 3.14. The summed E-state index contributed by atoms with van der Waals surface area (Å²) >= 11 is 0. The molecule has 1 amide bonds. The van der Waals surface area contributed by atoms with E-state index in [0.29, 0.717) is 5.91 Å². The van der Waals surface area contributed by atoms with Crippen molar-refractivity contribution in [3.63, 3.8) is 0 Å². The van der Waals surface area contributed by atoms with E-state index in [2.05, 4.69) is 51.7 Å². The van der Waals surface area contributed by atoms with Crippen LogP contribution in [0.1, 0.15) is 49.7 Å². The lowest BCUT2D eigenvalue weighted by Crippen LogP contribution is -2.45. The number of amides is 1. The van der Waals surface area contributed by atoms with E-state index in [1.807, 2.05) is 0 Å². The molecule has 0 bridgehead atoms. The Labute approximate surface area is 180 Å². The Morgan fingerprint density at radius 3 is 2.70 bits per heavy atom. The van der Waals surface area contributed by atoms with Crippen LogP contribution in [0.4, 0.5) is 0 Å². The van der Waals surface area contributed by atoms with E-state index in [0.717, 1.165) is 44.9 Å². The van der Waals surface area contributed by atoms with Gasteiger partial charge in [0.15, 0.2) is 5.96 Å². The topological polar surface area (TPSA) is 56.7 Å². The summed E-state index contributed by atoms with van der Waals surface area (Å²) in [6, 6.07) is 8.76. The first-order valence-corrected chi connectivity index (χ1v) is 9.97. The third-order valence-corrected chi connectivity index (χ3v) is 5.56. The normalized spacial score (nSPS) is 20.9. The summed E-state index contributed by atoms with van der Waals surface area (Å²) < 4.78 is 0. The predicted molar refractivity (Wildman–Crippen MR) is 121 cm³/mol. The molecule has 1 unspecified atom stereocenters. The lowest BCUT2D eigenvalue weighted by molar-refractivity contribution is -0.135. The lowest BCUT2D eigenvalue weighted by Gasteiger charge is -2.26. The van der Waals surface area contributed by atoms with Crippen LogP contribution in [-0.2, 0) is 11.3 Å². The van der Waals surface area contributed by atoms with Gasteiger partial charge in [0.1, 0.15) is 0 Å². The lowest BCUT2D eigenvalue weighted by atomic mass is 9.88. The van der Waals surface area contributed by atoms with Crippen LogP contribution in [0, 0.1) is 12.8 Å². The number of nitrogens with one attached hydrogen (secondary N) is 2. The van der Waals surface area contributed by atoms with E-state index in [1.54, 1.807) is 7.05 Å². The number of hydrogen-bond acceptors (Lipinski definition) is 2. The number of nitrogens with zero attached hydrogens (tertiary/aromatic N) is 2. The van der Waals surface area contributed by atoms with Gasteiger partial charge in [-0.3, -0.25) is 9.79 Å². The zero-order valence-electron chi connectivity index (χ0n) is 16.5. The highest BCUT2D eigenvalue weighted by molar-refractivity contribution is 14.0. The van der Waals surface area contributed by atoms with E-state index in [9.17, 15) is 4.79 Å². The molecular formula is C21H33IN4O.